The largest absolute Gasteiger partial charge is 0.352 e. The van der Waals surface area contributed by atoms with Crippen molar-refractivity contribution in [3.8, 4) is 0 Å². The summed E-state index contributed by atoms with van der Waals surface area (Å²) >= 11 is 6.47. The molecule has 0 fully saturated rings. The molecule has 1 aromatic carbocycles. The first-order valence-electron chi connectivity index (χ1n) is 9.60. The highest BCUT2D eigenvalue weighted by atomic mass is 32.1. The molecule has 3 N–H and O–H groups in total. The van der Waals surface area contributed by atoms with Gasteiger partial charge in [0.25, 0.3) is 5.91 Å². The Hall–Kier alpha value is -3.25. The number of amides is 2. The fraction of sp³-hybridized carbons (Fsp3) is 0.250. The van der Waals surface area contributed by atoms with E-state index >= 15 is 0 Å². The van der Waals surface area contributed by atoms with Crippen LogP contribution in [0, 0.1) is 16.4 Å². The van der Waals surface area contributed by atoms with Gasteiger partial charge in [0.2, 0.25) is 5.91 Å². The van der Waals surface area contributed by atoms with Crippen molar-refractivity contribution in [1.29, 1.82) is 0 Å². The van der Waals surface area contributed by atoms with Crippen molar-refractivity contribution in [2.75, 3.05) is 11.9 Å². The van der Waals surface area contributed by atoms with Gasteiger partial charge in [-0.25, -0.2) is 13.8 Å². The van der Waals surface area contributed by atoms with Gasteiger partial charge in [-0.1, -0.05) is 6.08 Å². The van der Waals surface area contributed by atoms with Crippen LogP contribution in [0.2, 0.25) is 0 Å². The third kappa shape index (κ3) is 6.14. The van der Waals surface area contributed by atoms with E-state index in [9.17, 15) is 18.4 Å². The molecule has 0 atom stereocenters. The molecule has 3 aromatic rings. The molecule has 0 saturated carbocycles. The Bertz CT molecular complexity index is 1190. The average Bonchev–Trinajstić information content (AvgIpc) is 3.32. The number of carbonyl (C=O) groups excluding carboxylic acids is 2. The molecular weight excluding hydrogens is 458 g/mol. The first kappa shape index (κ1) is 23.4. The maximum atomic E-state index is 13.6. The molecule has 0 radical (unpaired) electrons. The molecule has 168 valence electrons. The second-order valence-corrected chi connectivity index (χ2v) is 7.94. The van der Waals surface area contributed by atoms with E-state index in [-0.39, 0.29) is 24.4 Å². The lowest BCUT2D eigenvalue weighted by molar-refractivity contribution is -0.116. The van der Waals surface area contributed by atoms with Crippen molar-refractivity contribution in [2.24, 2.45) is 0 Å². The summed E-state index contributed by atoms with van der Waals surface area (Å²) in [6.45, 7) is 4.40. The second kappa shape index (κ2) is 10.9. The van der Waals surface area contributed by atoms with E-state index < -0.39 is 17.5 Å². The van der Waals surface area contributed by atoms with Gasteiger partial charge in [0.1, 0.15) is 17.5 Å². The van der Waals surface area contributed by atoms with E-state index in [0.717, 1.165) is 17.8 Å². The number of anilines is 1. The molecule has 0 aliphatic carbocycles. The molecule has 0 aliphatic heterocycles. The van der Waals surface area contributed by atoms with Crippen molar-refractivity contribution in [3.05, 3.63) is 69.7 Å². The van der Waals surface area contributed by atoms with Gasteiger partial charge in [-0.15, -0.1) is 17.9 Å². The van der Waals surface area contributed by atoms with Gasteiger partial charge in [0.15, 0.2) is 9.90 Å². The van der Waals surface area contributed by atoms with Crippen LogP contribution in [-0.2, 0) is 17.8 Å². The van der Waals surface area contributed by atoms with Crippen molar-refractivity contribution >= 4 is 40.5 Å². The van der Waals surface area contributed by atoms with Gasteiger partial charge in [0.05, 0.1) is 17.7 Å². The van der Waals surface area contributed by atoms with E-state index in [1.54, 1.807) is 6.08 Å². The van der Waals surface area contributed by atoms with Crippen LogP contribution in [0.4, 0.5) is 13.9 Å². The maximum Gasteiger partial charge on any atom is 0.254 e. The fourth-order valence-corrected chi connectivity index (χ4v) is 3.76. The molecule has 0 bridgehead atoms. The van der Waals surface area contributed by atoms with E-state index in [0.29, 0.717) is 41.2 Å². The number of nitrogens with zero attached hydrogens (tertiary/aromatic N) is 3. The zero-order chi connectivity index (χ0) is 23.1. The first-order valence-corrected chi connectivity index (χ1v) is 10.9. The lowest BCUT2D eigenvalue weighted by Gasteiger charge is -2.06. The molecular formula is C20H20F2N6O2S2. The van der Waals surface area contributed by atoms with Crippen LogP contribution < -0.4 is 10.6 Å². The monoisotopic (exact) mass is 478 g/mol. The van der Waals surface area contributed by atoms with Crippen LogP contribution in [0.15, 0.2) is 36.2 Å². The summed E-state index contributed by atoms with van der Waals surface area (Å²) in [6.07, 6.45) is 2.65. The lowest BCUT2D eigenvalue weighted by Crippen LogP contribution is -2.26. The first-order chi connectivity index (χ1) is 15.4. The zero-order valence-corrected chi connectivity index (χ0v) is 18.5. The number of nitrogens with one attached hydrogen (secondary N) is 3. The van der Waals surface area contributed by atoms with E-state index in [2.05, 4.69) is 32.4 Å². The fourth-order valence-electron chi connectivity index (χ4n) is 2.81. The SMILES string of the molecule is C=CCn1c(Cc2csc(NC(=O)CCCNC(=O)c3ccc(F)cc3F)n2)n[nH]c1=S. The summed E-state index contributed by atoms with van der Waals surface area (Å²) in [5.74, 6) is -1.91. The Morgan fingerprint density at radius 3 is 2.91 bits per heavy atom. The highest BCUT2D eigenvalue weighted by Gasteiger charge is 2.13. The molecule has 32 heavy (non-hydrogen) atoms. The normalized spacial score (nSPS) is 10.7. The highest BCUT2D eigenvalue weighted by Crippen LogP contribution is 2.18. The topological polar surface area (TPSA) is 105 Å². The van der Waals surface area contributed by atoms with Crippen molar-refractivity contribution < 1.29 is 18.4 Å². The van der Waals surface area contributed by atoms with Crippen molar-refractivity contribution in [1.82, 2.24) is 25.1 Å². The number of carbonyl (C=O) groups is 2. The van der Waals surface area contributed by atoms with Gasteiger partial charge in [-0.05, 0) is 30.8 Å². The standard InChI is InChI=1S/C20H20F2N6O2S2/c1-2-8-28-16(26-27-20(28)31)10-13-11-32-19(24-13)25-17(29)4-3-7-23-18(30)14-6-5-12(21)9-15(14)22/h2,5-6,9,11H,1,3-4,7-8,10H2,(H,23,30)(H,27,31)(H,24,25,29). The average molecular weight is 479 g/mol. The van der Waals surface area contributed by atoms with E-state index in [1.165, 1.54) is 11.3 Å². The molecule has 0 saturated heterocycles. The van der Waals surface area contributed by atoms with Gasteiger partial charge >= 0.3 is 0 Å². The third-order valence-corrected chi connectivity index (χ3v) is 5.45. The van der Waals surface area contributed by atoms with Gasteiger partial charge in [-0.3, -0.25) is 19.3 Å². The summed E-state index contributed by atoms with van der Waals surface area (Å²) in [5, 5.41) is 14.4. The number of thiazole rings is 1. The van der Waals surface area contributed by atoms with Gasteiger partial charge < -0.3 is 10.6 Å². The second-order valence-electron chi connectivity index (χ2n) is 6.70. The number of halogens is 2. The summed E-state index contributed by atoms with van der Waals surface area (Å²) in [5.41, 5.74) is 0.485. The number of aromatic nitrogens is 4. The Labute approximate surface area is 191 Å². The predicted molar refractivity (Wildman–Crippen MR) is 119 cm³/mol. The predicted octanol–water partition coefficient (Wildman–Crippen LogP) is 3.60. The van der Waals surface area contributed by atoms with Crippen LogP contribution in [-0.4, -0.2) is 38.1 Å². The molecule has 12 heteroatoms. The zero-order valence-electron chi connectivity index (χ0n) is 16.9. The van der Waals surface area contributed by atoms with Gasteiger partial charge in [-0.2, -0.15) is 5.10 Å². The van der Waals surface area contributed by atoms with Crippen LogP contribution in [0.25, 0.3) is 0 Å². The summed E-state index contributed by atoms with van der Waals surface area (Å²) in [4.78, 5) is 28.4. The molecule has 8 nitrogen and oxygen atoms in total. The molecule has 0 spiro atoms. The number of H-pyrrole nitrogens is 1. The molecule has 2 heterocycles. The molecule has 2 amide bonds. The Morgan fingerprint density at radius 2 is 2.16 bits per heavy atom. The van der Waals surface area contributed by atoms with Crippen molar-refractivity contribution in [3.63, 3.8) is 0 Å². The minimum absolute atomic E-state index is 0.138. The molecule has 0 aliphatic rings. The van der Waals surface area contributed by atoms with E-state index in [1.807, 2.05) is 9.95 Å². The summed E-state index contributed by atoms with van der Waals surface area (Å²) in [6, 6.07) is 2.73. The number of hydrogen-bond acceptors (Lipinski definition) is 6. The van der Waals surface area contributed by atoms with Crippen molar-refractivity contribution in [2.45, 2.75) is 25.8 Å². The number of benzene rings is 1. The third-order valence-electron chi connectivity index (χ3n) is 4.33. The van der Waals surface area contributed by atoms with Gasteiger partial charge in [0, 0.05) is 31.0 Å². The highest BCUT2D eigenvalue weighted by molar-refractivity contribution is 7.71. The Balaban J connectivity index is 1.44. The Morgan fingerprint density at radius 1 is 1.34 bits per heavy atom. The Kier molecular flexibility index (Phi) is 7.95. The number of hydrogen-bond donors (Lipinski definition) is 3. The maximum absolute atomic E-state index is 13.6. The number of allylic oxidation sites excluding steroid dienone is 1. The smallest absolute Gasteiger partial charge is 0.254 e. The van der Waals surface area contributed by atoms with Crippen LogP contribution in [0.5, 0.6) is 0 Å². The lowest BCUT2D eigenvalue weighted by atomic mass is 10.2. The molecule has 2 aromatic heterocycles. The minimum atomic E-state index is -0.936. The number of rotatable bonds is 10. The molecule has 3 rings (SSSR count). The van der Waals surface area contributed by atoms with Crippen LogP contribution >= 0.6 is 23.6 Å². The number of aromatic amines is 1. The quantitative estimate of drug-likeness (QED) is 0.235. The summed E-state index contributed by atoms with van der Waals surface area (Å²) in [7, 11) is 0. The van der Waals surface area contributed by atoms with Crippen LogP contribution in [0.1, 0.15) is 34.7 Å². The minimum Gasteiger partial charge on any atom is -0.352 e. The molecule has 0 unspecified atom stereocenters. The van der Waals surface area contributed by atoms with E-state index in [4.69, 9.17) is 12.2 Å². The summed E-state index contributed by atoms with van der Waals surface area (Å²) < 4.78 is 28.8. The van der Waals surface area contributed by atoms with Crippen LogP contribution in [0.3, 0.4) is 0 Å².